The predicted molar refractivity (Wildman–Crippen MR) is 85.1 cm³/mol. The van der Waals surface area contributed by atoms with Crippen molar-refractivity contribution in [3.8, 4) is 6.01 Å². The van der Waals surface area contributed by atoms with Crippen molar-refractivity contribution in [3.05, 3.63) is 34.6 Å². The van der Waals surface area contributed by atoms with Crippen LogP contribution >= 0.6 is 15.9 Å². The molecule has 1 N–H and O–H groups in total. The number of ether oxygens (including phenoxy) is 1. The molecule has 22 heavy (non-hydrogen) atoms. The Morgan fingerprint density at radius 2 is 2.14 bits per heavy atom. The van der Waals surface area contributed by atoms with Gasteiger partial charge in [-0.2, -0.15) is 0 Å². The van der Waals surface area contributed by atoms with Gasteiger partial charge in [0.05, 0.1) is 18.0 Å². The topological polar surface area (TPSA) is 86.1 Å². The molecule has 1 heterocycles. The fourth-order valence-electron chi connectivity index (χ4n) is 2.06. The van der Waals surface area contributed by atoms with Gasteiger partial charge in [0.1, 0.15) is 0 Å². The molecule has 0 aliphatic rings. The van der Waals surface area contributed by atoms with E-state index in [2.05, 4.69) is 30.8 Å². The van der Waals surface area contributed by atoms with Gasteiger partial charge in [-0.05, 0) is 32.0 Å². The van der Waals surface area contributed by atoms with Crippen LogP contribution in [0.3, 0.4) is 0 Å². The molecule has 0 aliphatic carbocycles. The molecule has 9 heteroatoms. The van der Waals surface area contributed by atoms with Crippen molar-refractivity contribution in [3.63, 3.8) is 0 Å². The second kappa shape index (κ2) is 6.76. The Hall–Kier alpha value is -1.45. The van der Waals surface area contributed by atoms with Gasteiger partial charge in [-0.1, -0.05) is 27.1 Å². The molecule has 2 rings (SSSR count). The highest BCUT2D eigenvalue weighted by Gasteiger charge is 2.23. The van der Waals surface area contributed by atoms with Crippen LogP contribution in [0, 0.1) is 0 Å². The third kappa shape index (κ3) is 3.47. The average Bonchev–Trinajstić information content (AvgIpc) is 2.89. The zero-order valence-corrected chi connectivity index (χ0v) is 14.8. The molecule has 2 aromatic rings. The Morgan fingerprint density at radius 3 is 2.73 bits per heavy atom. The Morgan fingerprint density at radius 1 is 1.41 bits per heavy atom. The quantitative estimate of drug-likeness (QED) is 0.818. The van der Waals surface area contributed by atoms with Crippen LogP contribution in [0.15, 0.2) is 33.6 Å². The van der Waals surface area contributed by atoms with Gasteiger partial charge < -0.3 is 4.74 Å². The smallest absolute Gasteiger partial charge is 0.316 e. The highest BCUT2D eigenvalue weighted by Crippen LogP contribution is 2.21. The Labute approximate surface area is 137 Å². The van der Waals surface area contributed by atoms with Crippen LogP contribution in [-0.4, -0.2) is 30.3 Å². The molecule has 0 amide bonds. The third-order valence-corrected chi connectivity index (χ3v) is 5.10. The number of nitrogens with one attached hydrogen (secondary N) is 1. The van der Waals surface area contributed by atoms with Crippen molar-refractivity contribution >= 4 is 26.0 Å². The Kier molecular flexibility index (Phi) is 5.20. The van der Waals surface area contributed by atoms with Gasteiger partial charge in [-0.3, -0.25) is 4.57 Å². The summed E-state index contributed by atoms with van der Waals surface area (Å²) in [6.45, 7) is 4.20. The van der Waals surface area contributed by atoms with E-state index in [0.29, 0.717) is 22.9 Å². The monoisotopic (exact) mass is 388 g/mol. The van der Waals surface area contributed by atoms with Crippen LogP contribution in [0.25, 0.3) is 0 Å². The number of sulfonamides is 1. The first-order valence-corrected chi connectivity index (χ1v) is 8.91. The first-order valence-electron chi connectivity index (χ1n) is 6.64. The van der Waals surface area contributed by atoms with Crippen molar-refractivity contribution in [2.75, 3.05) is 7.11 Å². The number of methoxy groups -OCH3 is 1. The van der Waals surface area contributed by atoms with Crippen LogP contribution in [0.1, 0.15) is 25.7 Å². The second-order valence-electron chi connectivity index (χ2n) is 4.59. The number of halogens is 1. The van der Waals surface area contributed by atoms with E-state index in [1.165, 1.54) is 13.2 Å². The van der Waals surface area contributed by atoms with E-state index in [9.17, 15) is 8.42 Å². The van der Waals surface area contributed by atoms with Crippen LogP contribution < -0.4 is 9.46 Å². The maximum Gasteiger partial charge on any atom is 0.316 e. The lowest BCUT2D eigenvalue weighted by Gasteiger charge is -2.15. The average molecular weight is 389 g/mol. The van der Waals surface area contributed by atoms with E-state index in [-0.39, 0.29) is 4.90 Å². The zero-order chi connectivity index (χ0) is 16.3. The van der Waals surface area contributed by atoms with E-state index in [1.54, 1.807) is 29.7 Å². The summed E-state index contributed by atoms with van der Waals surface area (Å²) in [5.74, 6) is 0.498. The molecule has 120 valence electrons. The van der Waals surface area contributed by atoms with Gasteiger partial charge in [0, 0.05) is 11.0 Å². The molecular weight excluding hydrogens is 372 g/mol. The Balaban J connectivity index is 2.28. The van der Waals surface area contributed by atoms with Gasteiger partial charge in [-0.25, -0.2) is 13.1 Å². The highest BCUT2D eigenvalue weighted by molar-refractivity contribution is 9.10. The highest BCUT2D eigenvalue weighted by atomic mass is 79.9. The summed E-state index contributed by atoms with van der Waals surface area (Å²) in [7, 11) is -2.16. The van der Waals surface area contributed by atoms with E-state index in [0.717, 1.165) is 0 Å². The number of benzene rings is 1. The van der Waals surface area contributed by atoms with Crippen LogP contribution in [0.5, 0.6) is 6.01 Å². The van der Waals surface area contributed by atoms with Crippen molar-refractivity contribution in [1.29, 1.82) is 0 Å². The lowest BCUT2D eigenvalue weighted by atomic mass is 10.3. The van der Waals surface area contributed by atoms with Crippen molar-refractivity contribution in [1.82, 2.24) is 19.5 Å². The summed E-state index contributed by atoms with van der Waals surface area (Å²) in [6, 6.07) is 6.32. The normalized spacial score (nSPS) is 13.1. The summed E-state index contributed by atoms with van der Waals surface area (Å²) in [5, 5.41) is 7.90. The predicted octanol–water partition coefficient (Wildman–Crippen LogP) is 2.11. The van der Waals surface area contributed by atoms with Gasteiger partial charge in [0.2, 0.25) is 10.0 Å². The third-order valence-electron chi connectivity index (χ3n) is 3.07. The maximum atomic E-state index is 12.4. The van der Waals surface area contributed by atoms with Gasteiger partial charge >= 0.3 is 6.01 Å². The van der Waals surface area contributed by atoms with Crippen LogP contribution in [0.2, 0.25) is 0 Å². The minimum atomic E-state index is -3.65. The molecule has 0 spiro atoms. The summed E-state index contributed by atoms with van der Waals surface area (Å²) in [5.41, 5.74) is 0. The minimum absolute atomic E-state index is 0.184. The number of rotatable bonds is 6. The maximum absolute atomic E-state index is 12.4. The van der Waals surface area contributed by atoms with Crippen molar-refractivity contribution in [2.24, 2.45) is 0 Å². The SMILES string of the molecule is CCn1c(OC)nnc1[C@@H](C)NS(=O)(=O)c1cccc(Br)c1. The van der Waals surface area contributed by atoms with E-state index < -0.39 is 16.1 Å². The minimum Gasteiger partial charge on any atom is -0.467 e. The molecule has 0 fully saturated rings. The number of hydrogen-bond donors (Lipinski definition) is 1. The second-order valence-corrected chi connectivity index (χ2v) is 7.22. The lowest BCUT2D eigenvalue weighted by molar-refractivity contribution is 0.354. The summed E-state index contributed by atoms with van der Waals surface area (Å²) in [4.78, 5) is 0.184. The molecule has 7 nitrogen and oxygen atoms in total. The summed E-state index contributed by atoms with van der Waals surface area (Å²) < 4.78 is 35.0. The number of aromatic nitrogens is 3. The number of hydrogen-bond acceptors (Lipinski definition) is 5. The number of nitrogens with zero attached hydrogens (tertiary/aromatic N) is 3. The fraction of sp³-hybridized carbons (Fsp3) is 0.385. The van der Waals surface area contributed by atoms with Crippen molar-refractivity contribution in [2.45, 2.75) is 31.3 Å². The van der Waals surface area contributed by atoms with Crippen molar-refractivity contribution < 1.29 is 13.2 Å². The molecule has 0 saturated carbocycles. The van der Waals surface area contributed by atoms with Gasteiger partial charge in [0.15, 0.2) is 5.82 Å². The van der Waals surface area contributed by atoms with Gasteiger partial charge in [0.25, 0.3) is 0 Å². The molecule has 1 atom stereocenters. The molecule has 0 aliphatic heterocycles. The largest absolute Gasteiger partial charge is 0.467 e. The van der Waals surface area contributed by atoms with Crippen LogP contribution in [-0.2, 0) is 16.6 Å². The Bertz CT molecular complexity index is 760. The first-order chi connectivity index (χ1) is 10.4. The van der Waals surface area contributed by atoms with Crippen LogP contribution in [0.4, 0.5) is 0 Å². The molecule has 0 unspecified atom stereocenters. The molecule has 1 aromatic heterocycles. The van der Waals surface area contributed by atoms with Gasteiger partial charge in [-0.15, -0.1) is 5.10 Å². The molecule has 1 aromatic carbocycles. The lowest BCUT2D eigenvalue weighted by Crippen LogP contribution is -2.29. The molecule has 0 radical (unpaired) electrons. The zero-order valence-electron chi connectivity index (χ0n) is 12.4. The first kappa shape index (κ1) is 16.9. The van der Waals surface area contributed by atoms with E-state index in [4.69, 9.17) is 4.74 Å². The van der Waals surface area contributed by atoms with E-state index in [1.807, 2.05) is 6.92 Å². The molecule has 0 saturated heterocycles. The molecule has 0 bridgehead atoms. The fourth-order valence-corrected chi connectivity index (χ4v) is 3.85. The summed E-state index contributed by atoms with van der Waals surface area (Å²) >= 11 is 3.27. The summed E-state index contributed by atoms with van der Waals surface area (Å²) in [6.07, 6.45) is 0. The van der Waals surface area contributed by atoms with E-state index >= 15 is 0 Å². The standard InChI is InChI=1S/C13H17BrN4O3S/c1-4-18-12(15-16-13(18)21-3)9(2)17-22(19,20)11-7-5-6-10(14)8-11/h5-9,17H,4H2,1-3H3/t9-/m1/s1. The molecular formula is C13H17BrN4O3S.